The molecule has 0 saturated carbocycles. The van der Waals surface area contributed by atoms with Crippen LogP contribution in [-0.4, -0.2) is 24.8 Å². The fourth-order valence-electron chi connectivity index (χ4n) is 1.66. The Morgan fingerprint density at radius 3 is 2.25 bits per heavy atom. The maximum Gasteiger partial charge on any atom is 0.384 e. The Bertz CT molecular complexity index is 448. The zero-order valence-corrected chi connectivity index (χ0v) is 11.0. The second-order valence-corrected chi connectivity index (χ2v) is 4.25. The first-order chi connectivity index (χ1) is 9.34. The van der Waals surface area contributed by atoms with Gasteiger partial charge in [-0.1, -0.05) is 19.1 Å². The first-order valence-electron chi connectivity index (χ1n) is 6.11. The summed E-state index contributed by atoms with van der Waals surface area (Å²) in [6, 6.07) is 5.95. The predicted octanol–water partition coefficient (Wildman–Crippen LogP) is 2.79. The van der Waals surface area contributed by atoms with Gasteiger partial charge in [0, 0.05) is 18.8 Å². The maximum absolute atomic E-state index is 13.2. The summed E-state index contributed by atoms with van der Waals surface area (Å²) in [5.41, 5.74) is 6.30. The van der Waals surface area contributed by atoms with Crippen molar-refractivity contribution in [2.24, 2.45) is 5.73 Å². The Labute approximate surface area is 114 Å². The molecule has 0 atom stereocenters. The van der Waals surface area contributed by atoms with Gasteiger partial charge in [0.25, 0.3) is 0 Å². The van der Waals surface area contributed by atoms with Crippen LogP contribution in [0.2, 0.25) is 0 Å². The molecular formula is C13H16F4N2O. The molecule has 0 unspecified atom stereocenters. The summed E-state index contributed by atoms with van der Waals surface area (Å²) in [4.78, 5) is 12.3. The summed E-state index contributed by atoms with van der Waals surface area (Å²) >= 11 is 0. The van der Waals surface area contributed by atoms with Crippen molar-refractivity contribution >= 4 is 11.6 Å². The van der Waals surface area contributed by atoms with Gasteiger partial charge in [0.1, 0.15) is 0 Å². The number of amides is 1. The number of alkyl halides is 4. The van der Waals surface area contributed by atoms with Gasteiger partial charge in [0.05, 0.1) is 0 Å². The van der Waals surface area contributed by atoms with Crippen LogP contribution in [0.5, 0.6) is 0 Å². The van der Waals surface area contributed by atoms with E-state index in [1.54, 1.807) is 19.1 Å². The van der Waals surface area contributed by atoms with E-state index in [-0.39, 0.29) is 18.8 Å². The highest BCUT2D eigenvalue weighted by atomic mass is 19.3. The lowest BCUT2D eigenvalue weighted by atomic mass is 10.1. The zero-order chi connectivity index (χ0) is 15.3. The molecule has 1 rings (SSSR count). The van der Waals surface area contributed by atoms with Gasteiger partial charge < -0.3 is 10.6 Å². The summed E-state index contributed by atoms with van der Waals surface area (Å²) in [5, 5.41) is 0. The second-order valence-electron chi connectivity index (χ2n) is 4.25. The normalized spacial score (nSPS) is 11.8. The predicted molar refractivity (Wildman–Crippen MR) is 67.9 cm³/mol. The molecule has 0 heterocycles. The minimum Gasteiger partial charge on any atom is -0.326 e. The molecule has 1 amide bonds. The number of nitrogens with two attached hydrogens (primary N) is 1. The van der Waals surface area contributed by atoms with Crippen LogP contribution < -0.4 is 10.6 Å². The molecule has 1 aromatic carbocycles. The third-order valence-electron chi connectivity index (χ3n) is 2.74. The van der Waals surface area contributed by atoms with Crippen molar-refractivity contribution < 1.29 is 22.4 Å². The summed E-state index contributed by atoms with van der Waals surface area (Å²) < 4.78 is 50.9. The van der Waals surface area contributed by atoms with Crippen molar-refractivity contribution in [1.29, 1.82) is 0 Å². The Kier molecular flexibility index (Phi) is 5.50. The molecule has 0 aliphatic rings. The molecule has 2 N–H and O–H groups in total. The number of carbonyl (C=O) groups is 1. The van der Waals surface area contributed by atoms with E-state index in [0.29, 0.717) is 11.3 Å². The number of hydrogen-bond donors (Lipinski definition) is 1. The quantitative estimate of drug-likeness (QED) is 0.820. The Morgan fingerprint density at radius 1 is 1.30 bits per heavy atom. The van der Waals surface area contributed by atoms with Crippen LogP contribution in [0.15, 0.2) is 24.3 Å². The molecule has 0 aromatic heterocycles. The highest BCUT2D eigenvalue weighted by molar-refractivity contribution is 5.98. The van der Waals surface area contributed by atoms with Gasteiger partial charge >= 0.3 is 18.3 Å². The highest BCUT2D eigenvalue weighted by Gasteiger charge is 2.51. The Morgan fingerprint density at radius 2 is 1.85 bits per heavy atom. The van der Waals surface area contributed by atoms with E-state index in [1.807, 2.05) is 0 Å². The number of nitrogens with zero attached hydrogens (tertiary/aromatic N) is 1. The van der Waals surface area contributed by atoms with E-state index in [0.717, 1.165) is 5.56 Å². The molecule has 0 bridgehead atoms. The molecule has 0 saturated heterocycles. The minimum atomic E-state index is -4.69. The number of benzene rings is 1. The number of carbonyl (C=O) groups excluding carboxylic acids is 1. The third kappa shape index (κ3) is 3.47. The molecule has 20 heavy (non-hydrogen) atoms. The fraction of sp³-hybridized carbons (Fsp3) is 0.462. The van der Waals surface area contributed by atoms with Crippen molar-refractivity contribution in [2.45, 2.75) is 32.2 Å². The molecule has 7 heteroatoms. The largest absolute Gasteiger partial charge is 0.384 e. The third-order valence-corrected chi connectivity index (χ3v) is 2.74. The van der Waals surface area contributed by atoms with Crippen LogP contribution in [0.3, 0.4) is 0 Å². The van der Waals surface area contributed by atoms with E-state index in [1.165, 1.54) is 12.1 Å². The van der Waals surface area contributed by atoms with Gasteiger partial charge in [-0.15, -0.1) is 0 Å². The number of rotatable bonds is 6. The van der Waals surface area contributed by atoms with E-state index in [4.69, 9.17) is 5.73 Å². The van der Waals surface area contributed by atoms with Gasteiger partial charge in [-0.05, 0) is 24.1 Å². The van der Waals surface area contributed by atoms with Gasteiger partial charge in [0.15, 0.2) is 0 Å². The topological polar surface area (TPSA) is 46.3 Å². The molecule has 3 nitrogen and oxygen atoms in total. The highest BCUT2D eigenvalue weighted by Crippen LogP contribution is 2.28. The summed E-state index contributed by atoms with van der Waals surface area (Å²) in [6.07, 6.45) is -3.67. The van der Waals surface area contributed by atoms with Crippen LogP contribution in [0.25, 0.3) is 0 Å². The monoisotopic (exact) mass is 292 g/mol. The van der Waals surface area contributed by atoms with E-state index in [2.05, 4.69) is 0 Å². The lowest BCUT2D eigenvalue weighted by molar-refractivity contribution is -0.166. The summed E-state index contributed by atoms with van der Waals surface area (Å²) in [5.74, 6) is -6.59. The van der Waals surface area contributed by atoms with Crippen molar-refractivity contribution in [2.75, 3.05) is 11.4 Å². The summed E-state index contributed by atoms with van der Waals surface area (Å²) in [7, 11) is 0. The van der Waals surface area contributed by atoms with E-state index < -0.39 is 18.3 Å². The SMILES string of the molecule is CCCN(C(=O)C(F)(F)C(F)F)c1ccc(CN)cc1. The average molecular weight is 292 g/mol. The molecule has 0 aliphatic carbocycles. The van der Waals surface area contributed by atoms with Crippen LogP contribution in [0.4, 0.5) is 23.2 Å². The molecule has 0 aliphatic heterocycles. The van der Waals surface area contributed by atoms with Gasteiger partial charge in [-0.3, -0.25) is 4.79 Å². The van der Waals surface area contributed by atoms with Gasteiger partial charge in [-0.2, -0.15) is 8.78 Å². The zero-order valence-electron chi connectivity index (χ0n) is 11.0. The first-order valence-corrected chi connectivity index (χ1v) is 6.11. The standard InChI is InChI=1S/C13H16F4N2O/c1-2-7-19(12(20)13(16,17)11(14)15)10-5-3-9(8-18)4-6-10/h3-6,11H,2,7-8,18H2,1H3. The lowest BCUT2D eigenvalue weighted by Gasteiger charge is -2.26. The van der Waals surface area contributed by atoms with Crippen molar-refractivity contribution in [3.05, 3.63) is 29.8 Å². The summed E-state index contributed by atoms with van der Waals surface area (Å²) in [6.45, 7) is 1.85. The smallest absolute Gasteiger partial charge is 0.326 e. The van der Waals surface area contributed by atoms with Crippen LogP contribution >= 0.6 is 0 Å². The van der Waals surface area contributed by atoms with Crippen LogP contribution in [0.1, 0.15) is 18.9 Å². The fourth-order valence-corrected chi connectivity index (χ4v) is 1.66. The molecular weight excluding hydrogens is 276 g/mol. The molecule has 112 valence electrons. The maximum atomic E-state index is 13.2. The number of anilines is 1. The molecule has 1 aromatic rings. The first kappa shape index (κ1) is 16.4. The van der Waals surface area contributed by atoms with Crippen LogP contribution in [0, 0.1) is 0 Å². The van der Waals surface area contributed by atoms with E-state index >= 15 is 0 Å². The van der Waals surface area contributed by atoms with Crippen molar-refractivity contribution in [1.82, 2.24) is 0 Å². The molecule has 0 spiro atoms. The minimum absolute atomic E-state index is 0.0664. The second kappa shape index (κ2) is 6.69. The Balaban J connectivity index is 3.07. The molecule has 0 radical (unpaired) electrons. The van der Waals surface area contributed by atoms with Crippen molar-refractivity contribution in [3.63, 3.8) is 0 Å². The number of hydrogen-bond acceptors (Lipinski definition) is 2. The van der Waals surface area contributed by atoms with Crippen molar-refractivity contribution in [3.8, 4) is 0 Å². The molecule has 0 fully saturated rings. The van der Waals surface area contributed by atoms with Crippen LogP contribution in [-0.2, 0) is 11.3 Å². The van der Waals surface area contributed by atoms with E-state index in [9.17, 15) is 22.4 Å². The Hall–Kier alpha value is -1.63. The number of halogens is 4. The van der Waals surface area contributed by atoms with Gasteiger partial charge in [0.2, 0.25) is 0 Å². The lowest BCUT2D eigenvalue weighted by Crippen LogP contribution is -2.48. The van der Waals surface area contributed by atoms with Gasteiger partial charge in [-0.25, -0.2) is 8.78 Å². The average Bonchev–Trinajstić information content (AvgIpc) is 2.44.